The third-order valence-electron chi connectivity index (χ3n) is 18.5. The number of anilines is 6. The molecule has 0 saturated heterocycles. The van der Waals surface area contributed by atoms with Gasteiger partial charge in [0.1, 0.15) is 0 Å². The van der Waals surface area contributed by atoms with Crippen LogP contribution in [0.2, 0.25) is 0 Å². The van der Waals surface area contributed by atoms with Crippen LogP contribution in [0.15, 0.2) is 298 Å². The van der Waals surface area contributed by atoms with Crippen LogP contribution in [0.5, 0.6) is 0 Å². The van der Waals surface area contributed by atoms with Gasteiger partial charge in [-0.25, -0.2) is 0 Å². The Hall–Kier alpha value is -10.5. The van der Waals surface area contributed by atoms with Crippen molar-refractivity contribution in [1.82, 2.24) is 0 Å². The van der Waals surface area contributed by atoms with Gasteiger partial charge >= 0.3 is 0 Å². The summed E-state index contributed by atoms with van der Waals surface area (Å²) in [5.41, 5.74) is 17.9. The first kappa shape index (κ1) is 54.1. The van der Waals surface area contributed by atoms with Gasteiger partial charge in [0.2, 0.25) is 0 Å². The van der Waals surface area contributed by atoms with Gasteiger partial charge in [0.15, 0.2) is 0 Å². The Bertz CT molecular complexity index is 5240. The molecule has 1 aliphatic rings. The smallest absolute Gasteiger partial charge is 0.0468 e. The van der Waals surface area contributed by atoms with E-state index in [1.807, 2.05) is 6.92 Å². The fourth-order valence-electron chi connectivity index (χ4n) is 14.5. The average Bonchev–Trinajstić information content (AvgIpc) is 1.10. The van der Waals surface area contributed by atoms with E-state index in [-0.39, 0.29) is 10.8 Å². The molecule has 0 spiro atoms. The summed E-state index contributed by atoms with van der Waals surface area (Å²) in [6, 6.07) is 107. The lowest BCUT2D eigenvalue weighted by molar-refractivity contribution is 0.590. The molecule has 0 radical (unpaired) electrons. The van der Waals surface area contributed by atoms with Crippen LogP contribution in [0.3, 0.4) is 0 Å². The Balaban J connectivity index is 0.00000213. The highest BCUT2D eigenvalue weighted by Gasteiger charge is 2.38. The number of para-hydroxylation sites is 2. The summed E-state index contributed by atoms with van der Waals surface area (Å²) in [5.74, 6) is 0. The van der Waals surface area contributed by atoms with Crippen LogP contribution < -0.4 is 9.80 Å². The van der Waals surface area contributed by atoms with E-state index in [9.17, 15) is 0 Å². The molecule has 0 fully saturated rings. The van der Waals surface area contributed by atoms with Crippen molar-refractivity contribution in [2.45, 2.75) is 52.4 Å². The Morgan fingerprint density at radius 3 is 1.18 bits per heavy atom. The summed E-state index contributed by atoms with van der Waals surface area (Å²) >= 11 is 0. The number of rotatable bonds is 8. The van der Waals surface area contributed by atoms with E-state index in [1.54, 1.807) is 6.08 Å². The normalized spacial score (nSPS) is 12.6. The summed E-state index contributed by atoms with van der Waals surface area (Å²) in [6.07, 6.45) is 1.75. The van der Waals surface area contributed by atoms with Crippen molar-refractivity contribution in [3.05, 3.63) is 314 Å². The van der Waals surface area contributed by atoms with E-state index in [2.05, 4.69) is 336 Å². The predicted octanol–water partition coefficient (Wildman–Crippen LogP) is 24.8. The fraction of sp³-hybridized carbons (Fsp3) is 0.0930. The van der Waals surface area contributed by atoms with Crippen LogP contribution in [0.25, 0.3) is 109 Å². The Morgan fingerprint density at radius 2 is 0.682 bits per heavy atom. The molecule has 422 valence electrons. The van der Waals surface area contributed by atoms with E-state index in [0.717, 1.165) is 34.1 Å². The first-order valence-electron chi connectivity index (χ1n) is 30.9. The van der Waals surface area contributed by atoms with Gasteiger partial charge in [0, 0.05) is 39.5 Å². The maximum atomic E-state index is 3.36. The second kappa shape index (κ2) is 21.5. The minimum Gasteiger partial charge on any atom is -0.310 e. The van der Waals surface area contributed by atoms with Crippen LogP contribution >= 0.6 is 0 Å². The van der Waals surface area contributed by atoms with Crippen molar-refractivity contribution in [2.24, 2.45) is 0 Å². The first-order valence-corrected chi connectivity index (χ1v) is 30.9. The molecule has 0 atom stereocenters. The SMILES string of the molecule is C=CC.CC(C)(C)c1ccc(N(c2ccccc2)c2ccc3c(-c4cc5ccccc5c5ccccc45)c4cc(N(c5ccccc5)c5ccc6c(c5)C(C)(C)c5c-6ccc6ccccc56)ccc4c(-c4cc5ccccc5c5ccccc45)c3c2)cc1. The zero-order valence-electron chi connectivity index (χ0n) is 50.8. The van der Waals surface area contributed by atoms with Crippen molar-refractivity contribution >= 4 is 110 Å². The fourth-order valence-corrected chi connectivity index (χ4v) is 14.5. The first-order chi connectivity index (χ1) is 43.0. The second-order valence-electron chi connectivity index (χ2n) is 25.2. The van der Waals surface area contributed by atoms with E-state index in [4.69, 9.17) is 0 Å². The molecule has 15 aromatic carbocycles. The molecule has 16 rings (SSSR count). The highest BCUT2D eigenvalue weighted by Crippen LogP contribution is 2.55. The van der Waals surface area contributed by atoms with Crippen molar-refractivity contribution in [3.8, 4) is 33.4 Å². The van der Waals surface area contributed by atoms with Crippen molar-refractivity contribution in [2.75, 3.05) is 9.80 Å². The Morgan fingerprint density at radius 1 is 0.307 bits per heavy atom. The van der Waals surface area contributed by atoms with Gasteiger partial charge in [-0.2, -0.15) is 0 Å². The highest BCUT2D eigenvalue weighted by atomic mass is 15.1. The summed E-state index contributed by atoms with van der Waals surface area (Å²) < 4.78 is 0. The minimum atomic E-state index is -0.237. The van der Waals surface area contributed by atoms with Gasteiger partial charge in [0.25, 0.3) is 0 Å². The van der Waals surface area contributed by atoms with Gasteiger partial charge in [-0.1, -0.05) is 241 Å². The molecule has 0 amide bonds. The summed E-state index contributed by atoms with van der Waals surface area (Å²) in [7, 11) is 0. The molecular formula is C86H68N2. The van der Waals surface area contributed by atoms with Gasteiger partial charge in [-0.15, -0.1) is 6.58 Å². The lowest BCUT2D eigenvalue weighted by Crippen LogP contribution is -2.17. The van der Waals surface area contributed by atoms with Crippen LogP contribution in [0, 0.1) is 0 Å². The van der Waals surface area contributed by atoms with Gasteiger partial charge in [-0.05, 0) is 223 Å². The van der Waals surface area contributed by atoms with Gasteiger partial charge in [0.05, 0.1) is 0 Å². The summed E-state index contributed by atoms with van der Waals surface area (Å²) in [5, 5.41) is 17.2. The molecule has 2 heteroatoms. The van der Waals surface area contributed by atoms with Crippen molar-refractivity contribution in [1.29, 1.82) is 0 Å². The monoisotopic (exact) mass is 1130 g/mol. The van der Waals surface area contributed by atoms with Crippen molar-refractivity contribution < 1.29 is 0 Å². The second-order valence-corrected chi connectivity index (χ2v) is 25.2. The molecule has 15 aromatic rings. The van der Waals surface area contributed by atoms with Crippen LogP contribution in [-0.4, -0.2) is 0 Å². The molecule has 0 unspecified atom stereocenters. The number of nitrogens with zero attached hydrogens (tertiary/aromatic N) is 2. The minimum absolute atomic E-state index is 0.0132. The zero-order chi connectivity index (χ0) is 59.8. The maximum absolute atomic E-state index is 3.36. The van der Waals surface area contributed by atoms with Crippen LogP contribution in [0.1, 0.15) is 58.2 Å². The standard InChI is InChI=1S/C83H62N2.C3H6/c1-82(2,3)56-37-39-59(40-38-56)84(57-25-8-6-9-26-57)60-42-46-71-76(50-60)79(74-48-54-23-13-15-29-63(54)66-32-18-20-34-68(66)74)72-47-43-61(51-77(72)80(71)75-49-55-24-14-16-30-64(55)67-33-19-21-35-69(67)75)85(58-27-10-7-11-28-58)62-41-45-70-73-44-36-53-22-12-17-31-65(53)81(73)83(4,5)78(70)52-62;1-3-2/h6-52H,1-5H3;3H,1H2,2H3. The Kier molecular flexibility index (Phi) is 13.2. The molecule has 0 saturated carbocycles. The Labute approximate surface area is 516 Å². The number of benzene rings is 15. The van der Waals surface area contributed by atoms with E-state index >= 15 is 0 Å². The average molecular weight is 1130 g/mol. The molecule has 88 heavy (non-hydrogen) atoms. The third kappa shape index (κ3) is 8.93. The lowest BCUT2D eigenvalue weighted by Gasteiger charge is -2.30. The van der Waals surface area contributed by atoms with E-state index in [1.165, 1.54) is 125 Å². The molecule has 0 aliphatic heterocycles. The molecular weight excluding hydrogens is 1060 g/mol. The van der Waals surface area contributed by atoms with Crippen LogP contribution in [-0.2, 0) is 10.8 Å². The molecule has 2 nitrogen and oxygen atoms in total. The van der Waals surface area contributed by atoms with Gasteiger partial charge < -0.3 is 9.80 Å². The quantitative estimate of drug-likeness (QED) is 0.0850. The van der Waals surface area contributed by atoms with E-state index < -0.39 is 0 Å². The number of allylic oxidation sites excluding steroid dienone is 1. The van der Waals surface area contributed by atoms with Crippen LogP contribution in [0.4, 0.5) is 34.1 Å². The number of hydrogen-bond acceptors (Lipinski definition) is 2. The number of fused-ring (bicyclic) bond motifs is 13. The van der Waals surface area contributed by atoms with E-state index in [0.29, 0.717) is 0 Å². The highest BCUT2D eigenvalue weighted by molar-refractivity contribution is 6.29. The maximum Gasteiger partial charge on any atom is 0.0468 e. The molecule has 0 bridgehead atoms. The molecule has 0 aromatic heterocycles. The summed E-state index contributed by atoms with van der Waals surface area (Å²) in [4.78, 5) is 4.92. The third-order valence-corrected chi connectivity index (χ3v) is 18.5. The molecule has 0 N–H and O–H groups in total. The van der Waals surface area contributed by atoms with Gasteiger partial charge in [-0.3, -0.25) is 0 Å². The lowest BCUT2D eigenvalue weighted by atomic mass is 9.80. The molecule has 0 heterocycles. The topological polar surface area (TPSA) is 6.48 Å². The van der Waals surface area contributed by atoms with Crippen molar-refractivity contribution in [3.63, 3.8) is 0 Å². The zero-order valence-corrected chi connectivity index (χ0v) is 50.8. The summed E-state index contributed by atoms with van der Waals surface area (Å²) in [6.45, 7) is 16.9. The largest absolute Gasteiger partial charge is 0.310 e. The predicted molar refractivity (Wildman–Crippen MR) is 381 cm³/mol. The molecule has 1 aliphatic carbocycles. The number of hydrogen-bond donors (Lipinski definition) is 0.